The van der Waals surface area contributed by atoms with Gasteiger partial charge in [-0.1, -0.05) is 18.2 Å². The molecule has 0 atom stereocenters. The summed E-state index contributed by atoms with van der Waals surface area (Å²) in [7, 11) is 0. The topological polar surface area (TPSA) is 26.0 Å². The Balaban J connectivity index is 2.25. The molecule has 0 bridgehead atoms. The van der Waals surface area contributed by atoms with Crippen molar-refractivity contribution in [3.8, 4) is 10.6 Å². The number of rotatable bonds is 2. The lowest BCUT2D eigenvalue weighted by molar-refractivity contribution is 0.580. The number of fused-ring (bicyclic) bond motifs is 1. The molecule has 4 heteroatoms. The molecule has 0 aliphatic heterocycles. The van der Waals surface area contributed by atoms with E-state index in [0.717, 1.165) is 33.0 Å². The number of nitrogens with zero attached hydrogens (tertiary/aromatic N) is 1. The molecule has 0 aliphatic carbocycles. The number of alkyl halides is 1. The van der Waals surface area contributed by atoms with Crippen molar-refractivity contribution < 1.29 is 4.42 Å². The fourth-order valence-electron chi connectivity index (χ4n) is 1.92. The number of hydrogen-bond acceptors (Lipinski definition) is 3. The number of aryl methyl sites for hydroxylation is 1. The Hall–Kier alpha value is -1.32. The van der Waals surface area contributed by atoms with Crippen molar-refractivity contribution in [1.29, 1.82) is 0 Å². The van der Waals surface area contributed by atoms with E-state index in [1.165, 1.54) is 0 Å². The van der Waals surface area contributed by atoms with Crippen LogP contribution in [0.5, 0.6) is 0 Å². The number of aromatic nitrogens is 1. The van der Waals surface area contributed by atoms with Gasteiger partial charge in [-0.3, -0.25) is 0 Å². The van der Waals surface area contributed by atoms with Crippen LogP contribution in [0.25, 0.3) is 21.5 Å². The Kier molecular flexibility index (Phi) is 2.65. The summed E-state index contributed by atoms with van der Waals surface area (Å²) in [6.45, 7) is 1.97. The van der Waals surface area contributed by atoms with Crippen LogP contribution >= 0.6 is 22.9 Å². The van der Waals surface area contributed by atoms with Crippen LogP contribution in [0.15, 0.2) is 34.1 Å². The quantitative estimate of drug-likeness (QED) is 0.632. The fraction of sp³-hybridized carbons (Fsp3) is 0.154. The molecule has 1 aromatic carbocycles. The molecule has 0 unspecified atom stereocenters. The standard InChI is InChI=1S/C13H10ClNOS/c1-8-12(13-15-9(6-14)7-17-13)10-4-2-3-5-11(10)16-8/h2-5,7H,6H2,1H3. The van der Waals surface area contributed by atoms with E-state index in [0.29, 0.717) is 5.88 Å². The molecule has 0 saturated carbocycles. The molecule has 0 saturated heterocycles. The van der Waals surface area contributed by atoms with Gasteiger partial charge in [0, 0.05) is 10.8 Å². The summed E-state index contributed by atoms with van der Waals surface area (Å²) in [4.78, 5) is 4.51. The maximum absolute atomic E-state index is 5.78. The highest BCUT2D eigenvalue weighted by Gasteiger charge is 2.15. The second-order valence-corrected chi connectivity index (χ2v) is 4.93. The maximum atomic E-state index is 5.78. The van der Waals surface area contributed by atoms with E-state index in [2.05, 4.69) is 11.1 Å². The van der Waals surface area contributed by atoms with E-state index in [1.807, 2.05) is 30.5 Å². The van der Waals surface area contributed by atoms with Gasteiger partial charge in [-0.25, -0.2) is 4.98 Å². The lowest BCUT2D eigenvalue weighted by Gasteiger charge is -1.93. The van der Waals surface area contributed by atoms with Gasteiger partial charge in [0.15, 0.2) is 0 Å². The van der Waals surface area contributed by atoms with Crippen molar-refractivity contribution in [1.82, 2.24) is 4.98 Å². The van der Waals surface area contributed by atoms with Crippen molar-refractivity contribution in [2.45, 2.75) is 12.8 Å². The van der Waals surface area contributed by atoms with Crippen LogP contribution in [0.2, 0.25) is 0 Å². The third kappa shape index (κ3) is 1.75. The van der Waals surface area contributed by atoms with Crippen LogP contribution in [-0.2, 0) is 5.88 Å². The largest absolute Gasteiger partial charge is 0.461 e. The van der Waals surface area contributed by atoms with E-state index in [1.54, 1.807) is 11.3 Å². The molecular weight excluding hydrogens is 254 g/mol. The molecule has 2 aromatic heterocycles. The normalized spacial score (nSPS) is 11.2. The van der Waals surface area contributed by atoms with Crippen molar-refractivity contribution in [2.75, 3.05) is 0 Å². The summed E-state index contributed by atoms with van der Waals surface area (Å²) in [5.41, 5.74) is 2.90. The minimum absolute atomic E-state index is 0.450. The summed E-state index contributed by atoms with van der Waals surface area (Å²) in [6.07, 6.45) is 0. The van der Waals surface area contributed by atoms with Crippen LogP contribution in [0, 0.1) is 6.92 Å². The van der Waals surface area contributed by atoms with E-state index < -0.39 is 0 Å². The zero-order valence-electron chi connectivity index (χ0n) is 9.24. The lowest BCUT2D eigenvalue weighted by Crippen LogP contribution is -1.80. The van der Waals surface area contributed by atoms with Crippen molar-refractivity contribution in [2.24, 2.45) is 0 Å². The second kappa shape index (κ2) is 4.17. The average molecular weight is 264 g/mol. The zero-order valence-corrected chi connectivity index (χ0v) is 10.8. The predicted molar refractivity (Wildman–Crippen MR) is 71.6 cm³/mol. The Morgan fingerprint density at radius 2 is 2.18 bits per heavy atom. The summed E-state index contributed by atoms with van der Waals surface area (Å²) in [5.74, 6) is 1.35. The fourth-order valence-corrected chi connectivity index (χ4v) is 3.07. The highest BCUT2D eigenvalue weighted by molar-refractivity contribution is 7.13. The van der Waals surface area contributed by atoms with Gasteiger partial charge in [0.05, 0.1) is 17.1 Å². The second-order valence-electron chi connectivity index (χ2n) is 3.81. The van der Waals surface area contributed by atoms with Gasteiger partial charge >= 0.3 is 0 Å². The van der Waals surface area contributed by atoms with Crippen molar-refractivity contribution >= 4 is 33.9 Å². The third-order valence-electron chi connectivity index (χ3n) is 2.67. The van der Waals surface area contributed by atoms with Gasteiger partial charge in [-0.2, -0.15) is 0 Å². The highest BCUT2D eigenvalue weighted by Crippen LogP contribution is 2.36. The van der Waals surface area contributed by atoms with E-state index >= 15 is 0 Å². The van der Waals surface area contributed by atoms with Gasteiger partial charge < -0.3 is 4.42 Å². The smallest absolute Gasteiger partial charge is 0.135 e. The predicted octanol–water partition coefficient (Wildman–Crippen LogP) is 4.60. The van der Waals surface area contributed by atoms with Gasteiger partial charge in [0.25, 0.3) is 0 Å². The molecule has 2 heterocycles. The highest BCUT2D eigenvalue weighted by atomic mass is 35.5. The molecule has 86 valence electrons. The van der Waals surface area contributed by atoms with Crippen LogP contribution < -0.4 is 0 Å². The molecule has 0 aliphatic rings. The first kappa shape index (κ1) is 10.8. The number of furan rings is 1. The first-order valence-electron chi connectivity index (χ1n) is 5.28. The molecule has 17 heavy (non-hydrogen) atoms. The SMILES string of the molecule is Cc1oc2ccccc2c1-c1nc(CCl)cs1. The van der Waals surface area contributed by atoms with Gasteiger partial charge in [0.2, 0.25) is 0 Å². The number of para-hydroxylation sites is 1. The van der Waals surface area contributed by atoms with Gasteiger partial charge in [0.1, 0.15) is 16.4 Å². The van der Waals surface area contributed by atoms with E-state index in [-0.39, 0.29) is 0 Å². The molecule has 0 fully saturated rings. The molecule has 0 spiro atoms. The van der Waals surface area contributed by atoms with Gasteiger partial charge in [-0.05, 0) is 13.0 Å². The zero-order chi connectivity index (χ0) is 11.8. The maximum Gasteiger partial charge on any atom is 0.135 e. The lowest BCUT2D eigenvalue weighted by atomic mass is 10.1. The Morgan fingerprint density at radius 1 is 1.35 bits per heavy atom. The first-order chi connectivity index (χ1) is 8.29. The van der Waals surface area contributed by atoms with Crippen LogP contribution in [0.4, 0.5) is 0 Å². The Labute approximate surface area is 108 Å². The van der Waals surface area contributed by atoms with Crippen LogP contribution in [0.3, 0.4) is 0 Å². The van der Waals surface area contributed by atoms with E-state index in [4.69, 9.17) is 16.0 Å². The van der Waals surface area contributed by atoms with Crippen molar-refractivity contribution in [3.63, 3.8) is 0 Å². The number of halogens is 1. The summed E-state index contributed by atoms with van der Waals surface area (Å²) in [6, 6.07) is 8.02. The minimum Gasteiger partial charge on any atom is -0.461 e. The average Bonchev–Trinajstić information content (AvgIpc) is 2.91. The van der Waals surface area contributed by atoms with Crippen molar-refractivity contribution in [3.05, 3.63) is 41.1 Å². The first-order valence-corrected chi connectivity index (χ1v) is 6.70. The van der Waals surface area contributed by atoms with Gasteiger partial charge in [-0.15, -0.1) is 22.9 Å². The molecule has 3 rings (SSSR count). The molecular formula is C13H10ClNOS. The summed E-state index contributed by atoms with van der Waals surface area (Å²) in [5, 5.41) is 4.08. The molecule has 3 aromatic rings. The monoisotopic (exact) mass is 263 g/mol. The number of benzene rings is 1. The third-order valence-corrected chi connectivity index (χ3v) is 3.86. The number of hydrogen-bond donors (Lipinski definition) is 0. The van der Waals surface area contributed by atoms with Crippen LogP contribution in [0.1, 0.15) is 11.5 Å². The Bertz CT molecular complexity index is 671. The van der Waals surface area contributed by atoms with E-state index in [9.17, 15) is 0 Å². The minimum atomic E-state index is 0.450. The molecule has 0 radical (unpaired) electrons. The summed E-state index contributed by atoms with van der Waals surface area (Å²) < 4.78 is 5.73. The number of thiazole rings is 1. The van der Waals surface area contributed by atoms with Crippen LogP contribution in [-0.4, -0.2) is 4.98 Å². The molecule has 2 nitrogen and oxygen atoms in total. The Morgan fingerprint density at radius 3 is 2.94 bits per heavy atom. The summed E-state index contributed by atoms with van der Waals surface area (Å²) >= 11 is 7.39. The molecule has 0 N–H and O–H groups in total. The molecule has 0 amide bonds.